The molecule has 0 saturated carbocycles. The summed E-state index contributed by atoms with van der Waals surface area (Å²) in [5.41, 5.74) is 1.35. The number of hydrogen-bond donors (Lipinski definition) is 2. The molecule has 0 spiro atoms. The second-order valence-corrected chi connectivity index (χ2v) is 8.17. The van der Waals surface area contributed by atoms with Gasteiger partial charge < -0.3 is 19.7 Å². The first-order chi connectivity index (χ1) is 14.8. The molecule has 3 rings (SSSR count). The van der Waals surface area contributed by atoms with Crippen LogP contribution in [-0.2, 0) is 11.3 Å². The number of ether oxygens (including phenoxy) is 1. The largest absolute Gasteiger partial charge is 0.497 e. The van der Waals surface area contributed by atoms with Crippen molar-refractivity contribution >= 4 is 44.3 Å². The summed E-state index contributed by atoms with van der Waals surface area (Å²) in [7, 11) is 1.55. The van der Waals surface area contributed by atoms with Crippen molar-refractivity contribution in [2.45, 2.75) is 20.4 Å². The quantitative estimate of drug-likeness (QED) is 0.467. The summed E-state index contributed by atoms with van der Waals surface area (Å²) >= 11 is 3.30. The van der Waals surface area contributed by atoms with Gasteiger partial charge in [0.05, 0.1) is 18.2 Å². The molecular formula is C22H23BrN4O4. The van der Waals surface area contributed by atoms with Gasteiger partial charge in [-0.1, -0.05) is 26.0 Å². The van der Waals surface area contributed by atoms with Crippen molar-refractivity contribution in [2.24, 2.45) is 16.1 Å². The number of aromatic hydroxyl groups is 1. The second kappa shape index (κ2) is 9.74. The Morgan fingerprint density at radius 1 is 1.23 bits per heavy atom. The van der Waals surface area contributed by atoms with Crippen LogP contribution in [0.3, 0.4) is 0 Å². The van der Waals surface area contributed by atoms with Crippen LogP contribution in [-0.4, -0.2) is 35.1 Å². The van der Waals surface area contributed by atoms with E-state index in [2.05, 4.69) is 31.5 Å². The minimum absolute atomic E-state index is 0.0780. The van der Waals surface area contributed by atoms with Crippen LogP contribution in [0.15, 0.2) is 57.2 Å². The molecule has 9 heteroatoms. The first-order valence-corrected chi connectivity index (χ1v) is 10.5. The molecule has 2 N–H and O–H groups in total. The monoisotopic (exact) mass is 486 g/mol. The van der Waals surface area contributed by atoms with Crippen LogP contribution in [0.5, 0.6) is 11.6 Å². The number of halogens is 1. The standard InChI is InChI=1S/C22H23BrN4O4/c1-13(2)12-27-18-9-8-14(31-3)10-16(18)20(22(27)30)26-25-19(28)11-24-21(29)15-6-4-5-7-17(15)23/h4-10,13,30H,11-12H2,1-3H3,(H,24,29). The number of nitrogens with one attached hydrogen (secondary N) is 1. The molecule has 162 valence electrons. The van der Waals surface area contributed by atoms with Crippen LogP contribution in [0.2, 0.25) is 0 Å². The Hall–Kier alpha value is -3.20. The molecule has 8 nitrogen and oxygen atoms in total. The van der Waals surface area contributed by atoms with Crippen molar-refractivity contribution in [1.29, 1.82) is 0 Å². The Balaban J connectivity index is 1.81. The number of benzene rings is 2. The molecule has 0 radical (unpaired) electrons. The topological polar surface area (TPSA) is 105 Å². The molecule has 2 amide bonds. The number of nitrogens with zero attached hydrogens (tertiary/aromatic N) is 3. The van der Waals surface area contributed by atoms with Gasteiger partial charge in [0.2, 0.25) is 5.88 Å². The smallest absolute Gasteiger partial charge is 0.283 e. The lowest BCUT2D eigenvalue weighted by Crippen LogP contribution is -2.28. The fourth-order valence-electron chi connectivity index (χ4n) is 3.12. The van der Waals surface area contributed by atoms with Crippen molar-refractivity contribution in [2.75, 3.05) is 13.7 Å². The summed E-state index contributed by atoms with van der Waals surface area (Å²) in [5.74, 6) is -0.254. The maximum Gasteiger partial charge on any atom is 0.283 e. The molecule has 2 aromatic carbocycles. The fourth-order valence-corrected chi connectivity index (χ4v) is 3.58. The van der Waals surface area contributed by atoms with E-state index in [9.17, 15) is 14.7 Å². The summed E-state index contributed by atoms with van der Waals surface area (Å²) in [4.78, 5) is 24.4. The van der Waals surface area contributed by atoms with Crippen LogP contribution in [0, 0.1) is 5.92 Å². The van der Waals surface area contributed by atoms with Gasteiger partial charge in [0.15, 0.2) is 5.69 Å². The number of aromatic nitrogens is 1. The molecule has 0 bridgehead atoms. The van der Waals surface area contributed by atoms with E-state index in [1.807, 2.05) is 19.9 Å². The summed E-state index contributed by atoms with van der Waals surface area (Å²) in [6, 6.07) is 12.2. The first-order valence-electron chi connectivity index (χ1n) is 9.68. The maximum atomic E-state index is 12.2. The van der Waals surface area contributed by atoms with E-state index in [0.29, 0.717) is 27.7 Å². The summed E-state index contributed by atoms with van der Waals surface area (Å²) in [6.07, 6.45) is 0. The lowest BCUT2D eigenvalue weighted by molar-refractivity contribution is -0.117. The highest BCUT2D eigenvalue weighted by Gasteiger charge is 2.19. The molecule has 0 atom stereocenters. The Bertz CT molecular complexity index is 1150. The van der Waals surface area contributed by atoms with Gasteiger partial charge in [-0.05, 0) is 52.2 Å². The molecule has 0 aliphatic heterocycles. The van der Waals surface area contributed by atoms with Gasteiger partial charge in [0.25, 0.3) is 11.8 Å². The van der Waals surface area contributed by atoms with E-state index < -0.39 is 11.8 Å². The lowest BCUT2D eigenvalue weighted by Gasteiger charge is -2.09. The van der Waals surface area contributed by atoms with Gasteiger partial charge in [-0.25, -0.2) is 0 Å². The minimum Gasteiger partial charge on any atom is -0.497 e. The normalized spacial score (nSPS) is 11.4. The molecule has 0 aliphatic rings. The van der Waals surface area contributed by atoms with Crippen LogP contribution in [0.1, 0.15) is 24.2 Å². The van der Waals surface area contributed by atoms with Gasteiger partial charge in [-0.2, -0.15) is 0 Å². The molecule has 31 heavy (non-hydrogen) atoms. The van der Waals surface area contributed by atoms with Crippen molar-refractivity contribution in [1.82, 2.24) is 9.88 Å². The molecular weight excluding hydrogens is 464 g/mol. The van der Waals surface area contributed by atoms with Crippen LogP contribution < -0.4 is 10.1 Å². The van der Waals surface area contributed by atoms with Crippen molar-refractivity contribution in [3.05, 3.63) is 52.5 Å². The van der Waals surface area contributed by atoms with E-state index in [1.54, 1.807) is 48.1 Å². The number of azo groups is 1. The molecule has 0 aliphatic carbocycles. The third kappa shape index (κ3) is 5.11. The highest BCUT2D eigenvalue weighted by atomic mass is 79.9. The average Bonchev–Trinajstić information content (AvgIpc) is 3.00. The Morgan fingerprint density at radius 3 is 2.65 bits per heavy atom. The SMILES string of the molecule is COc1ccc2c(c1)c(N=NC(=O)CNC(=O)c1ccccc1Br)c(O)n2CC(C)C. The first kappa shape index (κ1) is 22.5. The maximum absolute atomic E-state index is 12.2. The number of fused-ring (bicyclic) bond motifs is 1. The number of carbonyl (C=O) groups is 2. The van der Waals surface area contributed by atoms with E-state index in [4.69, 9.17) is 4.74 Å². The van der Waals surface area contributed by atoms with Gasteiger partial charge in [-0.3, -0.25) is 9.59 Å². The molecule has 0 saturated heterocycles. The van der Waals surface area contributed by atoms with Gasteiger partial charge in [0, 0.05) is 16.4 Å². The highest BCUT2D eigenvalue weighted by molar-refractivity contribution is 9.10. The van der Waals surface area contributed by atoms with E-state index in [0.717, 1.165) is 5.52 Å². The summed E-state index contributed by atoms with van der Waals surface area (Å²) in [6.45, 7) is 4.32. The second-order valence-electron chi connectivity index (χ2n) is 7.32. The Kier molecular flexibility index (Phi) is 7.06. The fraction of sp³-hybridized carbons (Fsp3) is 0.273. The third-order valence-electron chi connectivity index (χ3n) is 4.55. The van der Waals surface area contributed by atoms with E-state index in [-0.39, 0.29) is 24.0 Å². The predicted molar refractivity (Wildman–Crippen MR) is 121 cm³/mol. The van der Waals surface area contributed by atoms with E-state index >= 15 is 0 Å². The summed E-state index contributed by atoms with van der Waals surface area (Å²) in [5, 5.41) is 21.5. The zero-order valence-electron chi connectivity index (χ0n) is 17.4. The molecule has 0 unspecified atom stereocenters. The average molecular weight is 487 g/mol. The molecule has 1 heterocycles. The lowest BCUT2D eigenvalue weighted by atomic mass is 10.2. The van der Waals surface area contributed by atoms with Gasteiger partial charge in [0.1, 0.15) is 12.3 Å². The Labute approximate surface area is 188 Å². The Morgan fingerprint density at radius 2 is 1.97 bits per heavy atom. The highest BCUT2D eigenvalue weighted by Crippen LogP contribution is 2.40. The third-order valence-corrected chi connectivity index (χ3v) is 5.24. The van der Waals surface area contributed by atoms with Crippen LogP contribution in [0.25, 0.3) is 10.9 Å². The van der Waals surface area contributed by atoms with Crippen molar-refractivity contribution < 1.29 is 19.4 Å². The molecule has 1 aromatic heterocycles. The zero-order valence-corrected chi connectivity index (χ0v) is 19.0. The zero-order chi connectivity index (χ0) is 22.5. The molecule has 3 aromatic rings. The number of methoxy groups -OCH3 is 1. The molecule has 0 fully saturated rings. The van der Waals surface area contributed by atoms with Gasteiger partial charge in [-0.15, -0.1) is 10.2 Å². The van der Waals surface area contributed by atoms with Crippen molar-refractivity contribution in [3.8, 4) is 11.6 Å². The van der Waals surface area contributed by atoms with Crippen LogP contribution >= 0.6 is 15.9 Å². The minimum atomic E-state index is -0.646. The number of amides is 2. The van der Waals surface area contributed by atoms with Crippen molar-refractivity contribution in [3.63, 3.8) is 0 Å². The number of hydrogen-bond acceptors (Lipinski definition) is 5. The van der Waals surface area contributed by atoms with E-state index in [1.165, 1.54) is 0 Å². The number of carbonyl (C=O) groups excluding carboxylic acids is 2. The number of rotatable bonds is 7. The van der Waals surface area contributed by atoms with Crippen LogP contribution in [0.4, 0.5) is 5.69 Å². The van der Waals surface area contributed by atoms with Gasteiger partial charge >= 0.3 is 0 Å². The summed E-state index contributed by atoms with van der Waals surface area (Å²) < 4.78 is 7.62. The predicted octanol–water partition coefficient (Wildman–Crippen LogP) is 4.81.